The van der Waals surface area contributed by atoms with E-state index in [0.29, 0.717) is 58.0 Å². The second-order valence-corrected chi connectivity index (χ2v) is 11.1. The average molecular weight is 676 g/mol. The molecule has 0 aliphatic rings. The predicted molar refractivity (Wildman–Crippen MR) is 169 cm³/mol. The predicted octanol–water partition coefficient (Wildman–Crippen LogP) is -4.30. The lowest BCUT2D eigenvalue weighted by Gasteiger charge is -2.26. The summed E-state index contributed by atoms with van der Waals surface area (Å²) >= 11 is 0. The van der Waals surface area contributed by atoms with Crippen LogP contribution in [0, 0.1) is 0 Å². The molecule has 47 heavy (non-hydrogen) atoms. The van der Waals surface area contributed by atoms with Crippen LogP contribution in [0.25, 0.3) is 0 Å². The molecule has 0 saturated heterocycles. The van der Waals surface area contributed by atoms with Crippen LogP contribution in [0.5, 0.6) is 0 Å². The zero-order valence-electron chi connectivity index (χ0n) is 26.9. The number of hydrogen-bond acceptors (Lipinski definition) is 12. The summed E-state index contributed by atoms with van der Waals surface area (Å²) in [6, 6.07) is -8.06. The minimum Gasteiger partial charge on any atom is -0.481 e. The number of amides is 5. The molecule has 0 saturated carbocycles. The lowest BCUT2D eigenvalue weighted by atomic mass is 10.1. The standard InChI is InChI=1S/C28H53N9O10/c1-16(33-24(42)17(32)8-2-5-11-29)23(41)36-20(14-22(39)40)26(44)34-18(9-3-6-12-30)25(43)37-21(15-38)27(45)35-19(28(46)47)10-4-7-13-31/h16-21,38H,2-15,29-32H2,1H3,(H,33,42)(H,34,44)(H,35,45)(H,36,41)(H,37,43)(H,39,40)(H,46,47). The number of carboxylic acids is 2. The first kappa shape index (κ1) is 43.1. The van der Waals surface area contributed by atoms with E-state index in [1.165, 1.54) is 6.92 Å². The van der Waals surface area contributed by atoms with Crippen molar-refractivity contribution in [3.8, 4) is 0 Å². The molecule has 0 bridgehead atoms. The van der Waals surface area contributed by atoms with Crippen molar-refractivity contribution in [2.75, 3.05) is 26.2 Å². The number of aliphatic carboxylic acids is 2. The van der Waals surface area contributed by atoms with Gasteiger partial charge in [-0.05, 0) is 77.9 Å². The first-order valence-electron chi connectivity index (χ1n) is 15.6. The molecule has 6 atom stereocenters. The SMILES string of the molecule is CC(NC(=O)C(N)CCCCN)C(=O)NC(CC(=O)O)C(=O)NC(CCCCN)C(=O)NC(CO)C(=O)NC(CCCCN)C(=O)O. The zero-order valence-corrected chi connectivity index (χ0v) is 26.9. The van der Waals surface area contributed by atoms with Crippen molar-refractivity contribution < 1.29 is 48.9 Å². The number of nitrogens with two attached hydrogens (primary N) is 4. The summed E-state index contributed by atoms with van der Waals surface area (Å²) in [6.45, 7) is 1.41. The molecular formula is C28H53N9O10. The van der Waals surface area contributed by atoms with Crippen LogP contribution >= 0.6 is 0 Å². The van der Waals surface area contributed by atoms with Gasteiger partial charge in [-0.2, -0.15) is 0 Å². The maximum Gasteiger partial charge on any atom is 0.326 e. The Hall–Kier alpha value is -3.91. The van der Waals surface area contributed by atoms with E-state index in [1.807, 2.05) is 0 Å². The molecule has 0 aromatic rings. The number of aliphatic hydroxyl groups is 1. The maximum absolute atomic E-state index is 13.2. The van der Waals surface area contributed by atoms with Gasteiger partial charge in [-0.3, -0.25) is 28.8 Å². The molecule has 6 unspecified atom stereocenters. The summed E-state index contributed by atoms with van der Waals surface area (Å²) in [5.41, 5.74) is 22.2. The van der Waals surface area contributed by atoms with Gasteiger partial charge in [0.1, 0.15) is 30.2 Å². The lowest BCUT2D eigenvalue weighted by Crippen LogP contribution is -2.59. The Bertz CT molecular complexity index is 1030. The number of rotatable bonds is 26. The first-order valence-corrected chi connectivity index (χ1v) is 15.6. The van der Waals surface area contributed by atoms with Crippen molar-refractivity contribution in [3.63, 3.8) is 0 Å². The Morgan fingerprint density at radius 1 is 0.553 bits per heavy atom. The van der Waals surface area contributed by atoms with Crippen LogP contribution in [-0.4, -0.2) is 119 Å². The third-order valence-electron chi connectivity index (χ3n) is 7.03. The molecule has 16 N–H and O–H groups in total. The van der Waals surface area contributed by atoms with Crippen molar-refractivity contribution >= 4 is 41.5 Å². The van der Waals surface area contributed by atoms with Crippen LogP contribution in [-0.2, 0) is 33.6 Å². The Labute approximate surface area is 273 Å². The number of unbranched alkanes of at least 4 members (excludes halogenated alkanes) is 3. The van der Waals surface area contributed by atoms with E-state index in [9.17, 15) is 48.9 Å². The van der Waals surface area contributed by atoms with Crippen LogP contribution in [0.1, 0.15) is 71.1 Å². The van der Waals surface area contributed by atoms with Crippen molar-refractivity contribution in [2.24, 2.45) is 22.9 Å². The fraction of sp³-hybridized carbons (Fsp3) is 0.750. The molecule has 0 spiro atoms. The van der Waals surface area contributed by atoms with Crippen molar-refractivity contribution in [3.05, 3.63) is 0 Å². The highest BCUT2D eigenvalue weighted by Crippen LogP contribution is 2.06. The highest BCUT2D eigenvalue weighted by Gasteiger charge is 2.32. The van der Waals surface area contributed by atoms with E-state index in [1.54, 1.807) is 0 Å². The molecule has 19 nitrogen and oxygen atoms in total. The minimum absolute atomic E-state index is 0.0202. The smallest absolute Gasteiger partial charge is 0.326 e. The number of carbonyl (C=O) groups excluding carboxylic acids is 5. The summed E-state index contributed by atoms with van der Waals surface area (Å²) in [6.07, 6.45) is 2.41. The average Bonchev–Trinajstić information content (AvgIpc) is 3.01. The van der Waals surface area contributed by atoms with E-state index < -0.39 is 90.8 Å². The molecule has 19 heteroatoms. The summed E-state index contributed by atoms with van der Waals surface area (Å²) in [7, 11) is 0. The van der Waals surface area contributed by atoms with E-state index in [2.05, 4.69) is 26.6 Å². The van der Waals surface area contributed by atoms with Crippen LogP contribution < -0.4 is 49.5 Å². The van der Waals surface area contributed by atoms with Gasteiger partial charge in [-0.1, -0.05) is 6.42 Å². The first-order chi connectivity index (χ1) is 22.2. The van der Waals surface area contributed by atoms with E-state index in [-0.39, 0.29) is 19.4 Å². The summed E-state index contributed by atoms with van der Waals surface area (Å²) in [5, 5.41) is 40.1. The Kier molecular flexibility index (Phi) is 22.3. The number of aliphatic hydroxyl groups excluding tert-OH is 1. The molecule has 0 radical (unpaired) electrons. The third-order valence-corrected chi connectivity index (χ3v) is 7.03. The topological polar surface area (TPSA) is 344 Å². The van der Waals surface area contributed by atoms with Gasteiger partial charge in [0.05, 0.1) is 19.1 Å². The maximum atomic E-state index is 13.2. The summed E-state index contributed by atoms with van der Waals surface area (Å²) < 4.78 is 0. The van der Waals surface area contributed by atoms with Gasteiger partial charge in [0.2, 0.25) is 29.5 Å². The molecule has 270 valence electrons. The van der Waals surface area contributed by atoms with Gasteiger partial charge in [0.25, 0.3) is 0 Å². The highest BCUT2D eigenvalue weighted by atomic mass is 16.4. The number of carbonyl (C=O) groups is 7. The number of nitrogens with one attached hydrogen (secondary N) is 5. The van der Waals surface area contributed by atoms with Gasteiger partial charge >= 0.3 is 11.9 Å². The highest BCUT2D eigenvalue weighted by molar-refractivity contribution is 5.97. The lowest BCUT2D eigenvalue weighted by molar-refractivity contribution is -0.142. The van der Waals surface area contributed by atoms with Crippen LogP contribution in [0.4, 0.5) is 0 Å². The van der Waals surface area contributed by atoms with Crippen LogP contribution in [0.15, 0.2) is 0 Å². The van der Waals surface area contributed by atoms with Gasteiger partial charge in [0.15, 0.2) is 0 Å². The fourth-order valence-corrected chi connectivity index (χ4v) is 4.23. The summed E-state index contributed by atoms with van der Waals surface area (Å²) in [5.74, 6) is -7.28. The summed E-state index contributed by atoms with van der Waals surface area (Å²) in [4.78, 5) is 87.3. The van der Waals surface area contributed by atoms with Crippen LogP contribution in [0.2, 0.25) is 0 Å². The fourth-order valence-electron chi connectivity index (χ4n) is 4.23. The normalized spacial score (nSPS) is 14.8. The van der Waals surface area contributed by atoms with E-state index >= 15 is 0 Å². The van der Waals surface area contributed by atoms with Gasteiger partial charge in [0, 0.05) is 0 Å². The Morgan fingerprint density at radius 3 is 1.47 bits per heavy atom. The largest absolute Gasteiger partial charge is 0.481 e. The molecule has 0 fully saturated rings. The molecule has 0 aliphatic carbocycles. The molecular weight excluding hydrogens is 622 g/mol. The molecule has 5 amide bonds. The van der Waals surface area contributed by atoms with E-state index in [0.717, 1.165) is 0 Å². The molecule has 0 rings (SSSR count). The minimum atomic E-state index is -1.68. The number of hydrogen-bond donors (Lipinski definition) is 12. The molecule has 0 aromatic carbocycles. The Morgan fingerprint density at radius 2 is 0.979 bits per heavy atom. The molecule has 0 aromatic heterocycles. The van der Waals surface area contributed by atoms with E-state index in [4.69, 9.17) is 22.9 Å². The van der Waals surface area contributed by atoms with Crippen molar-refractivity contribution in [1.29, 1.82) is 0 Å². The Balaban J connectivity index is 5.67. The second-order valence-electron chi connectivity index (χ2n) is 11.1. The third kappa shape index (κ3) is 18.1. The van der Waals surface area contributed by atoms with Crippen molar-refractivity contribution in [2.45, 2.75) is 107 Å². The molecule has 0 heterocycles. The zero-order chi connectivity index (χ0) is 35.9. The van der Waals surface area contributed by atoms with Gasteiger partial charge in [-0.15, -0.1) is 0 Å². The monoisotopic (exact) mass is 675 g/mol. The van der Waals surface area contributed by atoms with Crippen molar-refractivity contribution in [1.82, 2.24) is 26.6 Å². The van der Waals surface area contributed by atoms with Gasteiger partial charge in [-0.25, -0.2) is 4.79 Å². The van der Waals surface area contributed by atoms with Gasteiger partial charge < -0.3 is 64.8 Å². The quantitative estimate of drug-likeness (QED) is 0.0386. The number of carboxylic acid groups (broad SMARTS) is 2. The molecule has 0 aliphatic heterocycles. The van der Waals surface area contributed by atoms with Crippen LogP contribution in [0.3, 0.4) is 0 Å². The second kappa shape index (κ2) is 24.3.